The van der Waals surface area contributed by atoms with Crippen LogP contribution in [0.15, 0.2) is 12.1 Å². The minimum absolute atomic E-state index is 0.0769. The van der Waals surface area contributed by atoms with Gasteiger partial charge in [-0.3, -0.25) is 4.79 Å². The Morgan fingerprint density at radius 3 is 2.65 bits per heavy atom. The highest BCUT2D eigenvalue weighted by molar-refractivity contribution is 6.01. The summed E-state index contributed by atoms with van der Waals surface area (Å²) in [5.41, 5.74) is 5.23. The predicted octanol–water partition coefficient (Wildman–Crippen LogP) is 3.28. The van der Waals surface area contributed by atoms with E-state index in [0.717, 1.165) is 42.5 Å². The molecule has 0 unspecified atom stereocenters. The van der Waals surface area contributed by atoms with Crippen molar-refractivity contribution in [1.82, 2.24) is 14.8 Å². The lowest BCUT2D eigenvalue weighted by Crippen LogP contribution is -2.41. The van der Waals surface area contributed by atoms with Gasteiger partial charge in [-0.15, -0.1) is 0 Å². The molecule has 2 aromatic rings. The van der Waals surface area contributed by atoms with E-state index in [-0.39, 0.29) is 12.0 Å². The van der Waals surface area contributed by atoms with E-state index in [0.29, 0.717) is 18.8 Å². The molecule has 5 nitrogen and oxygen atoms in total. The van der Waals surface area contributed by atoms with Crippen LogP contribution in [0.2, 0.25) is 0 Å². The summed E-state index contributed by atoms with van der Waals surface area (Å²) in [5.74, 6) is 0.0769. The highest BCUT2D eigenvalue weighted by atomic mass is 16.5. The smallest absolute Gasteiger partial charge is 0.270 e. The van der Waals surface area contributed by atoms with Gasteiger partial charge in [-0.2, -0.15) is 0 Å². The van der Waals surface area contributed by atoms with Crippen molar-refractivity contribution in [1.29, 1.82) is 0 Å². The molecule has 0 saturated carbocycles. The van der Waals surface area contributed by atoms with Gasteiger partial charge >= 0.3 is 0 Å². The van der Waals surface area contributed by atoms with E-state index >= 15 is 0 Å². The summed E-state index contributed by atoms with van der Waals surface area (Å²) in [7, 11) is 4.07. The number of aromatic amines is 1. The van der Waals surface area contributed by atoms with E-state index in [1.165, 1.54) is 11.1 Å². The highest BCUT2D eigenvalue weighted by Gasteiger charge is 2.26. The van der Waals surface area contributed by atoms with Crippen molar-refractivity contribution >= 4 is 16.8 Å². The summed E-state index contributed by atoms with van der Waals surface area (Å²) in [6.07, 6.45) is 2.29. The predicted molar refractivity (Wildman–Crippen MR) is 106 cm³/mol. The molecule has 1 aliphatic heterocycles. The molecule has 0 spiro atoms. The van der Waals surface area contributed by atoms with Gasteiger partial charge < -0.3 is 19.5 Å². The lowest BCUT2D eigenvalue weighted by Gasteiger charge is -2.26. The summed E-state index contributed by atoms with van der Waals surface area (Å²) >= 11 is 0. The second-order valence-corrected chi connectivity index (χ2v) is 7.82. The van der Waals surface area contributed by atoms with Crippen molar-refractivity contribution in [3.8, 4) is 0 Å². The van der Waals surface area contributed by atoms with Crippen LogP contribution in [0.4, 0.5) is 0 Å². The summed E-state index contributed by atoms with van der Waals surface area (Å²) in [5, 5.41) is 1.15. The summed E-state index contributed by atoms with van der Waals surface area (Å²) in [4.78, 5) is 20.8. The molecule has 2 heterocycles. The van der Waals surface area contributed by atoms with E-state index in [2.05, 4.69) is 35.9 Å². The van der Waals surface area contributed by atoms with Crippen molar-refractivity contribution < 1.29 is 9.53 Å². The second-order valence-electron chi connectivity index (χ2n) is 7.82. The highest BCUT2D eigenvalue weighted by Crippen LogP contribution is 2.27. The molecular formula is C21H31N3O2. The van der Waals surface area contributed by atoms with Crippen LogP contribution in [0.5, 0.6) is 0 Å². The number of rotatable bonds is 6. The van der Waals surface area contributed by atoms with Gasteiger partial charge in [0.2, 0.25) is 0 Å². The number of fused-ring (bicyclic) bond motifs is 1. The molecule has 1 aromatic carbocycles. The van der Waals surface area contributed by atoms with Crippen LogP contribution >= 0.6 is 0 Å². The number of amides is 1. The first-order valence-electron chi connectivity index (χ1n) is 9.52. The average molecular weight is 357 g/mol. The van der Waals surface area contributed by atoms with Crippen LogP contribution in [0.25, 0.3) is 10.9 Å². The van der Waals surface area contributed by atoms with Crippen molar-refractivity contribution in [3.63, 3.8) is 0 Å². The zero-order valence-electron chi connectivity index (χ0n) is 16.7. The van der Waals surface area contributed by atoms with E-state index in [9.17, 15) is 4.79 Å². The number of benzene rings is 1. The summed E-state index contributed by atoms with van der Waals surface area (Å²) in [6.45, 7) is 9.26. The molecule has 1 amide bonds. The van der Waals surface area contributed by atoms with Gasteiger partial charge in [0.1, 0.15) is 5.69 Å². The van der Waals surface area contributed by atoms with E-state index in [4.69, 9.17) is 4.74 Å². The van der Waals surface area contributed by atoms with Crippen LogP contribution < -0.4 is 0 Å². The molecule has 0 aliphatic carbocycles. The van der Waals surface area contributed by atoms with Crippen molar-refractivity contribution in [2.24, 2.45) is 0 Å². The Balaban J connectivity index is 1.90. The third-order valence-electron chi connectivity index (χ3n) is 5.28. The molecule has 5 heteroatoms. The third-order valence-corrected chi connectivity index (χ3v) is 5.28. The van der Waals surface area contributed by atoms with Gasteiger partial charge in [-0.05, 0) is 64.9 Å². The fourth-order valence-corrected chi connectivity index (χ4v) is 3.79. The number of aromatic nitrogens is 1. The van der Waals surface area contributed by atoms with Crippen LogP contribution in [0, 0.1) is 20.8 Å². The zero-order valence-corrected chi connectivity index (χ0v) is 16.7. The van der Waals surface area contributed by atoms with Crippen molar-refractivity contribution in [3.05, 3.63) is 34.5 Å². The SMILES string of the molecule is Cc1cc(C)c2[nH]c(C(=O)N(CCN(C)C)C[C@H]3CCCO3)c(C)c2c1. The quantitative estimate of drug-likeness (QED) is 0.863. The molecule has 0 bridgehead atoms. The van der Waals surface area contributed by atoms with Gasteiger partial charge in [-0.1, -0.05) is 11.6 Å². The lowest BCUT2D eigenvalue weighted by atomic mass is 10.1. The van der Waals surface area contributed by atoms with Crippen LogP contribution in [-0.2, 0) is 4.74 Å². The van der Waals surface area contributed by atoms with Gasteiger partial charge in [-0.25, -0.2) is 0 Å². The van der Waals surface area contributed by atoms with Crippen LogP contribution in [0.3, 0.4) is 0 Å². The Bertz CT molecular complexity index is 788. The molecular weight excluding hydrogens is 326 g/mol. The number of H-pyrrole nitrogens is 1. The monoisotopic (exact) mass is 357 g/mol. The van der Waals surface area contributed by atoms with Gasteiger partial charge in [0, 0.05) is 37.1 Å². The Hall–Kier alpha value is -1.85. The second kappa shape index (κ2) is 7.80. The first kappa shape index (κ1) is 18.9. The standard InChI is InChI=1S/C21H31N3O2/c1-14-11-15(2)19-18(12-14)16(3)20(22-19)21(25)24(9-8-23(4)5)13-17-7-6-10-26-17/h11-12,17,22H,6-10,13H2,1-5H3/t17-/m1/s1. The maximum Gasteiger partial charge on any atom is 0.270 e. The number of aryl methyl sites for hydroxylation is 3. The van der Waals surface area contributed by atoms with E-state index in [1.54, 1.807) is 0 Å². The fourth-order valence-electron chi connectivity index (χ4n) is 3.79. The molecule has 1 fully saturated rings. The molecule has 1 aromatic heterocycles. The molecule has 1 atom stereocenters. The van der Waals surface area contributed by atoms with E-state index in [1.807, 2.05) is 25.9 Å². The Labute approximate surface area is 156 Å². The van der Waals surface area contributed by atoms with Gasteiger partial charge in [0.25, 0.3) is 5.91 Å². The maximum absolute atomic E-state index is 13.4. The summed E-state index contributed by atoms with van der Waals surface area (Å²) in [6, 6.07) is 4.32. The maximum atomic E-state index is 13.4. The molecule has 0 radical (unpaired) electrons. The Morgan fingerprint density at radius 2 is 2.00 bits per heavy atom. The Morgan fingerprint density at radius 1 is 1.23 bits per heavy atom. The van der Waals surface area contributed by atoms with Gasteiger partial charge in [0.05, 0.1) is 6.10 Å². The molecule has 1 N–H and O–H groups in total. The van der Waals surface area contributed by atoms with Crippen molar-refractivity contribution in [2.45, 2.75) is 39.7 Å². The third kappa shape index (κ3) is 3.94. The number of ether oxygens (including phenoxy) is 1. The lowest BCUT2D eigenvalue weighted by molar-refractivity contribution is 0.0508. The molecule has 142 valence electrons. The molecule has 26 heavy (non-hydrogen) atoms. The number of hydrogen-bond donors (Lipinski definition) is 1. The van der Waals surface area contributed by atoms with Gasteiger partial charge in [0.15, 0.2) is 0 Å². The van der Waals surface area contributed by atoms with Crippen molar-refractivity contribution in [2.75, 3.05) is 40.3 Å². The minimum atomic E-state index is 0.0769. The molecule has 1 aliphatic rings. The Kier molecular flexibility index (Phi) is 5.68. The molecule has 1 saturated heterocycles. The number of carbonyl (C=O) groups excluding carboxylic acids is 1. The normalized spacial score (nSPS) is 17.4. The summed E-state index contributed by atoms with van der Waals surface area (Å²) < 4.78 is 5.78. The number of nitrogens with zero attached hydrogens (tertiary/aromatic N) is 2. The van der Waals surface area contributed by atoms with E-state index < -0.39 is 0 Å². The largest absolute Gasteiger partial charge is 0.376 e. The number of likely N-dealkylation sites (N-methyl/N-ethyl adjacent to an activating group) is 1. The average Bonchev–Trinajstić information content (AvgIpc) is 3.19. The minimum Gasteiger partial charge on any atom is -0.376 e. The zero-order chi connectivity index (χ0) is 18.8. The van der Waals surface area contributed by atoms with Crippen LogP contribution in [0.1, 0.15) is 40.0 Å². The first-order valence-corrected chi connectivity index (χ1v) is 9.52. The topological polar surface area (TPSA) is 48.6 Å². The fraction of sp³-hybridized carbons (Fsp3) is 0.571. The first-order chi connectivity index (χ1) is 12.4. The number of hydrogen-bond acceptors (Lipinski definition) is 3. The molecule has 3 rings (SSSR count). The number of nitrogens with one attached hydrogen (secondary N) is 1. The number of carbonyl (C=O) groups is 1. The van der Waals surface area contributed by atoms with Crippen LogP contribution in [-0.4, -0.2) is 67.1 Å².